The zero-order valence-corrected chi connectivity index (χ0v) is 13.8. The van der Waals surface area contributed by atoms with E-state index in [1.165, 1.54) is 20.4 Å². The fraction of sp³-hybridized carbons (Fsp3) is 0.214. The van der Waals surface area contributed by atoms with Gasteiger partial charge in [0.25, 0.3) is 5.56 Å². The predicted molar refractivity (Wildman–Crippen MR) is 86.7 cm³/mol. The van der Waals surface area contributed by atoms with Gasteiger partial charge in [-0.1, -0.05) is 23.2 Å². The summed E-state index contributed by atoms with van der Waals surface area (Å²) in [5.41, 5.74) is -0.239. The maximum Gasteiger partial charge on any atom is 0.287 e. The summed E-state index contributed by atoms with van der Waals surface area (Å²) >= 11 is 11.4. The fourth-order valence-electron chi connectivity index (χ4n) is 1.80. The van der Waals surface area contributed by atoms with Gasteiger partial charge in [-0.3, -0.25) is 9.59 Å². The largest absolute Gasteiger partial charge is 0.497 e. The first-order valence-electron chi connectivity index (χ1n) is 6.39. The fourth-order valence-corrected chi connectivity index (χ4v) is 2.07. The van der Waals surface area contributed by atoms with Gasteiger partial charge < -0.3 is 14.8 Å². The molecule has 0 aliphatic rings. The molecule has 0 spiro atoms. The number of rotatable bonds is 5. The lowest BCUT2D eigenvalue weighted by atomic mass is 10.2. The number of aromatic nitrogens is 2. The van der Waals surface area contributed by atoms with Crippen molar-refractivity contribution in [2.75, 3.05) is 19.5 Å². The van der Waals surface area contributed by atoms with E-state index in [1.807, 2.05) is 0 Å². The van der Waals surface area contributed by atoms with Crippen LogP contribution in [0.1, 0.15) is 0 Å². The van der Waals surface area contributed by atoms with Gasteiger partial charge >= 0.3 is 0 Å². The zero-order chi connectivity index (χ0) is 17.0. The van der Waals surface area contributed by atoms with E-state index in [2.05, 4.69) is 10.4 Å². The van der Waals surface area contributed by atoms with Crippen molar-refractivity contribution >= 4 is 34.8 Å². The molecule has 0 bridgehead atoms. The number of nitrogens with one attached hydrogen (secondary N) is 1. The van der Waals surface area contributed by atoms with Gasteiger partial charge in [0.1, 0.15) is 23.1 Å². The standard InChI is InChI=1S/C14H13Cl2N3O4/c1-22-8-3-4-11(23-2)10(5-8)18-12(20)7-19-14(21)13(16)9(15)6-17-19/h3-6H,7H2,1-2H3,(H,18,20). The van der Waals surface area contributed by atoms with E-state index in [0.29, 0.717) is 17.2 Å². The number of hydrogen-bond donors (Lipinski definition) is 1. The number of methoxy groups -OCH3 is 2. The molecule has 122 valence electrons. The van der Waals surface area contributed by atoms with Gasteiger partial charge in [-0.2, -0.15) is 5.10 Å². The molecule has 2 rings (SSSR count). The molecule has 23 heavy (non-hydrogen) atoms. The smallest absolute Gasteiger partial charge is 0.287 e. The molecule has 1 N–H and O–H groups in total. The lowest BCUT2D eigenvalue weighted by Crippen LogP contribution is -2.29. The highest BCUT2D eigenvalue weighted by Crippen LogP contribution is 2.28. The molecule has 2 aromatic rings. The molecule has 0 saturated carbocycles. The summed E-state index contributed by atoms with van der Waals surface area (Å²) in [6.07, 6.45) is 1.20. The van der Waals surface area contributed by atoms with Crippen LogP contribution in [0.25, 0.3) is 0 Å². The maximum atomic E-state index is 12.1. The van der Waals surface area contributed by atoms with E-state index < -0.39 is 11.5 Å². The highest BCUT2D eigenvalue weighted by atomic mass is 35.5. The monoisotopic (exact) mass is 357 g/mol. The number of benzene rings is 1. The molecule has 7 nitrogen and oxygen atoms in total. The summed E-state index contributed by atoms with van der Waals surface area (Å²) in [4.78, 5) is 24.0. The second-order valence-electron chi connectivity index (χ2n) is 4.38. The minimum Gasteiger partial charge on any atom is -0.497 e. The third-order valence-corrected chi connectivity index (χ3v) is 3.67. The van der Waals surface area contributed by atoms with E-state index in [-0.39, 0.29) is 16.6 Å². The summed E-state index contributed by atoms with van der Waals surface area (Å²) in [6.45, 7) is -0.323. The van der Waals surface area contributed by atoms with Crippen molar-refractivity contribution in [2.24, 2.45) is 0 Å². The first-order valence-corrected chi connectivity index (χ1v) is 7.15. The van der Waals surface area contributed by atoms with E-state index in [4.69, 9.17) is 32.7 Å². The van der Waals surface area contributed by atoms with Crippen molar-refractivity contribution in [3.63, 3.8) is 0 Å². The Morgan fingerprint density at radius 1 is 1.30 bits per heavy atom. The first kappa shape index (κ1) is 17.1. The van der Waals surface area contributed by atoms with Crippen LogP contribution in [0.5, 0.6) is 11.5 Å². The van der Waals surface area contributed by atoms with Crippen LogP contribution in [0.3, 0.4) is 0 Å². The number of halogens is 2. The van der Waals surface area contributed by atoms with Gasteiger partial charge in [-0.25, -0.2) is 4.68 Å². The summed E-state index contributed by atoms with van der Waals surface area (Å²) < 4.78 is 11.2. The molecule has 0 unspecified atom stereocenters. The lowest BCUT2D eigenvalue weighted by Gasteiger charge is -2.12. The Hall–Kier alpha value is -2.25. The molecule has 9 heteroatoms. The minimum absolute atomic E-state index is 0.0304. The zero-order valence-electron chi connectivity index (χ0n) is 12.3. The van der Waals surface area contributed by atoms with Crippen LogP contribution < -0.4 is 20.3 Å². The average molecular weight is 358 g/mol. The Labute approximate surface area is 141 Å². The van der Waals surface area contributed by atoms with E-state index in [1.54, 1.807) is 18.2 Å². The Bertz CT molecular complexity index is 792. The molecule has 0 fully saturated rings. The van der Waals surface area contributed by atoms with Gasteiger partial charge in [0.2, 0.25) is 5.91 Å². The first-order chi connectivity index (χ1) is 11.0. The molecule has 1 amide bonds. The van der Waals surface area contributed by atoms with Crippen molar-refractivity contribution in [1.82, 2.24) is 9.78 Å². The number of amides is 1. The molecule has 0 atom stereocenters. The third kappa shape index (κ3) is 3.94. The van der Waals surface area contributed by atoms with Crippen LogP contribution in [0.4, 0.5) is 5.69 Å². The number of carbonyl (C=O) groups is 1. The second-order valence-corrected chi connectivity index (χ2v) is 5.17. The van der Waals surface area contributed by atoms with E-state index in [9.17, 15) is 9.59 Å². The molecule has 1 heterocycles. The maximum absolute atomic E-state index is 12.1. The van der Waals surface area contributed by atoms with Gasteiger partial charge in [-0.15, -0.1) is 0 Å². The Balaban J connectivity index is 2.20. The van der Waals surface area contributed by atoms with Gasteiger partial charge in [0.15, 0.2) is 0 Å². The lowest BCUT2D eigenvalue weighted by molar-refractivity contribution is -0.117. The quantitative estimate of drug-likeness (QED) is 0.886. The van der Waals surface area contributed by atoms with Crippen LogP contribution in [0.15, 0.2) is 29.2 Å². The van der Waals surface area contributed by atoms with Gasteiger partial charge in [0, 0.05) is 6.07 Å². The molecule has 1 aromatic carbocycles. The second kappa shape index (κ2) is 7.34. The van der Waals surface area contributed by atoms with Crippen molar-refractivity contribution in [2.45, 2.75) is 6.54 Å². The number of ether oxygens (including phenoxy) is 2. The van der Waals surface area contributed by atoms with Crippen LogP contribution >= 0.6 is 23.2 Å². The Morgan fingerprint density at radius 2 is 2.04 bits per heavy atom. The van der Waals surface area contributed by atoms with Crippen LogP contribution in [0.2, 0.25) is 10.0 Å². The number of carbonyl (C=O) groups excluding carboxylic acids is 1. The van der Waals surface area contributed by atoms with E-state index in [0.717, 1.165) is 4.68 Å². The molecule has 0 aliphatic carbocycles. The van der Waals surface area contributed by atoms with Crippen LogP contribution in [-0.2, 0) is 11.3 Å². The molecular formula is C14H13Cl2N3O4. The number of hydrogen-bond acceptors (Lipinski definition) is 5. The normalized spacial score (nSPS) is 10.3. The number of nitrogens with zero attached hydrogens (tertiary/aromatic N) is 2. The van der Waals surface area contributed by atoms with Crippen molar-refractivity contribution in [1.29, 1.82) is 0 Å². The highest BCUT2D eigenvalue weighted by Gasteiger charge is 2.13. The Morgan fingerprint density at radius 3 is 2.70 bits per heavy atom. The van der Waals surface area contributed by atoms with E-state index >= 15 is 0 Å². The highest BCUT2D eigenvalue weighted by molar-refractivity contribution is 6.41. The summed E-state index contributed by atoms with van der Waals surface area (Å²) in [5, 5.41) is 6.24. The summed E-state index contributed by atoms with van der Waals surface area (Å²) in [5.74, 6) is 0.518. The van der Waals surface area contributed by atoms with Gasteiger partial charge in [-0.05, 0) is 12.1 Å². The third-order valence-electron chi connectivity index (χ3n) is 2.92. The molecular weight excluding hydrogens is 345 g/mol. The molecule has 0 saturated heterocycles. The van der Waals surface area contributed by atoms with Crippen molar-refractivity contribution < 1.29 is 14.3 Å². The molecule has 1 aromatic heterocycles. The van der Waals surface area contributed by atoms with Crippen LogP contribution in [-0.4, -0.2) is 29.9 Å². The number of anilines is 1. The topological polar surface area (TPSA) is 82.4 Å². The summed E-state index contributed by atoms with van der Waals surface area (Å²) in [6, 6.07) is 4.94. The molecule has 0 radical (unpaired) electrons. The average Bonchev–Trinajstić information content (AvgIpc) is 2.55. The SMILES string of the molecule is COc1ccc(OC)c(NC(=O)Cn2ncc(Cl)c(Cl)c2=O)c1. The minimum atomic E-state index is -0.646. The van der Waals surface area contributed by atoms with Crippen molar-refractivity contribution in [3.8, 4) is 11.5 Å². The van der Waals surface area contributed by atoms with Gasteiger partial charge in [0.05, 0.1) is 31.1 Å². The molecule has 0 aliphatic heterocycles. The predicted octanol–water partition coefficient (Wildman–Crippen LogP) is 2.21. The van der Waals surface area contributed by atoms with Crippen LogP contribution in [0, 0.1) is 0 Å². The van der Waals surface area contributed by atoms with Crippen molar-refractivity contribution in [3.05, 3.63) is 44.8 Å². The summed E-state index contributed by atoms with van der Waals surface area (Å²) in [7, 11) is 2.98. The Kier molecular flexibility index (Phi) is 5.46.